The van der Waals surface area contributed by atoms with Crippen molar-refractivity contribution in [3.8, 4) is 20.9 Å². The maximum absolute atomic E-state index is 2.64. The summed E-state index contributed by atoms with van der Waals surface area (Å²) in [7, 11) is -1.91. The van der Waals surface area contributed by atoms with Gasteiger partial charge in [-0.25, -0.2) is 0 Å². The van der Waals surface area contributed by atoms with Crippen molar-refractivity contribution < 1.29 is 0 Å². The van der Waals surface area contributed by atoms with Crippen LogP contribution in [0, 0.1) is 0 Å². The lowest BCUT2D eigenvalue weighted by atomic mass is 10.0. The molecule has 4 aromatic carbocycles. The van der Waals surface area contributed by atoms with Crippen LogP contribution in [0.1, 0.15) is 47.2 Å². The number of rotatable bonds is 4. The molecule has 2 heterocycles. The lowest BCUT2D eigenvalue weighted by Gasteiger charge is -2.39. The molecule has 2 aliphatic rings. The van der Waals surface area contributed by atoms with Gasteiger partial charge in [-0.15, -0.1) is 22.7 Å². The summed E-state index contributed by atoms with van der Waals surface area (Å²) in [6.07, 6.45) is 5.02. The maximum atomic E-state index is 2.64. The third kappa shape index (κ3) is 3.83. The lowest BCUT2D eigenvalue weighted by molar-refractivity contribution is 0.969. The third-order valence-corrected chi connectivity index (χ3v) is 16.2. The van der Waals surface area contributed by atoms with Crippen LogP contribution in [0.15, 0.2) is 108 Å². The molecule has 0 N–H and O–H groups in total. The second kappa shape index (κ2) is 9.25. The van der Waals surface area contributed by atoms with Crippen LogP contribution < -0.4 is 0 Å². The Morgan fingerprint density at radius 1 is 0.537 bits per heavy atom. The number of benzene rings is 4. The summed E-state index contributed by atoms with van der Waals surface area (Å²) in [5.41, 5.74) is 12.8. The molecule has 0 fully saturated rings. The van der Waals surface area contributed by atoms with Crippen LogP contribution in [0.4, 0.5) is 0 Å². The molecule has 6 aromatic rings. The van der Waals surface area contributed by atoms with Crippen molar-refractivity contribution in [1.29, 1.82) is 0 Å². The Bertz CT molecular complexity index is 1850. The third-order valence-electron chi connectivity index (χ3n) is 9.43. The van der Waals surface area contributed by atoms with Crippen molar-refractivity contribution in [3.63, 3.8) is 0 Å². The molecule has 0 spiro atoms. The monoisotopic (exact) mass is 580 g/mol. The predicted octanol–water partition coefficient (Wildman–Crippen LogP) is 11.9. The summed E-state index contributed by atoms with van der Waals surface area (Å²) in [4.78, 5) is 2.75. The Morgan fingerprint density at radius 2 is 0.976 bits per heavy atom. The quantitative estimate of drug-likeness (QED) is 0.182. The molecule has 41 heavy (non-hydrogen) atoms. The molecule has 0 bridgehead atoms. The average molecular weight is 581 g/mol. The lowest BCUT2D eigenvalue weighted by Crippen LogP contribution is -2.42. The topological polar surface area (TPSA) is 0 Å². The minimum atomic E-state index is -1.91. The highest BCUT2D eigenvalue weighted by atomic mass is 32.1. The van der Waals surface area contributed by atoms with Crippen LogP contribution in [0.5, 0.6) is 0 Å². The first-order chi connectivity index (χ1) is 19.9. The van der Waals surface area contributed by atoms with Gasteiger partial charge in [-0.1, -0.05) is 109 Å². The Hall–Kier alpha value is -3.50. The van der Waals surface area contributed by atoms with E-state index < -0.39 is 8.07 Å². The van der Waals surface area contributed by atoms with E-state index in [4.69, 9.17) is 0 Å². The summed E-state index contributed by atoms with van der Waals surface area (Å²) in [5, 5.41) is 2.68. The van der Waals surface area contributed by atoms with E-state index in [-0.39, 0.29) is 0 Å². The zero-order valence-electron chi connectivity index (χ0n) is 23.9. The standard InChI is InChI=1S/C38H32S2Si/c1-23-19-31-27(35-21-25-11-5-7-17-33(25)39-35)13-9-15-29(31)37(23)41(3,4)38-24(2)20-32-28(14-10-16-30(32)38)36-22-26-12-6-8-18-34(26)40-36/h5-22,37-38H,1-4H3. The van der Waals surface area contributed by atoms with Crippen LogP contribution in [-0.2, 0) is 0 Å². The van der Waals surface area contributed by atoms with Crippen molar-refractivity contribution in [3.05, 3.63) is 130 Å². The first-order valence-electron chi connectivity index (χ1n) is 14.5. The van der Waals surface area contributed by atoms with E-state index in [0.29, 0.717) is 11.1 Å². The fourth-order valence-corrected chi connectivity index (χ4v) is 15.1. The molecule has 0 amide bonds. The zero-order chi connectivity index (χ0) is 27.9. The summed E-state index contributed by atoms with van der Waals surface area (Å²) in [6, 6.07) is 36.4. The molecule has 0 nitrogen and oxygen atoms in total. The van der Waals surface area contributed by atoms with Gasteiger partial charge in [0.2, 0.25) is 0 Å². The van der Waals surface area contributed by atoms with Gasteiger partial charge >= 0.3 is 0 Å². The number of allylic oxidation sites excluding steroid dienone is 2. The first-order valence-corrected chi connectivity index (χ1v) is 19.3. The minimum absolute atomic E-state index is 0.499. The number of hydrogen-bond donors (Lipinski definition) is 0. The van der Waals surface area contributed by atoms with Gasteiger partial charge in [-0.2, -0.15) is 0 Å². The van der Waals surface area contributed by atoms with E-state index in [1.807, 2.05) is 22.7 Å². The number of thiophene rings is 2. The van der Waals surface area contributed by atoms with Gasteiger partial charge in [0.05, 0.1) is 8.07 Å². The Labute approximate surface area is 251 Å². The van der Waals surface area contributed by atoms with Gasteiger partial charge in [0, 0.05) is 30.2 Å². The van der Waals surface area contributed by atoms with Crippen molar-refractivity contribution >= 4 is 63.1 Å². The zero-order valence-corrected chi connectivity index (χ0v) is 26.5. The number of hydrogen-bond acceptors (Lipinski definition) is 2. The Morgan fingerprint density at radius 3 is 1.41 bits per heavy atom. The van der Waals surface area contributed by atoms with Gasteiger partial charge in [0.15, 0.2) is 0 Å². The summed E-state index contributed by atoms with van der Waals surface area (Å²) in [5.74, 6) is 0. The van der Waals surface area contributed by atoms with Crippen molar-refractivity contribution in [2.75, 3.05) is 0 Å². The van der Waals surface area contributed by atoms with Crippen LogP contribution >= 0.6 is 22.7 Å². The molecule has 0 saturated carbocycles. The van der Waals surface area contributed by atoms with Crippen LogP contribution in [0.2, 0.25) is 13.1 Å². The molecule has 2 atom stereocenters. The SMILES string of the molecule is CC1=Cc2c(-c3cc4ccccc4s3)cccc2C1[Si](C)(C)C1C(C)=Cc2c(-c3cc4ccccc4s3)cccc21. The van der Waals surface area contributed by atoms with Gasteiger partial charge < -0.3 is 0 Å². The molecule has 0 aliphatic heterocycles. The van der Waals surface area contributed by atoms with Gasteiger partial charge in [-0.05, 0) is 82.3 Å². The maximum Gasteiger partial charge on any atom is 0.0722 e. The molecule has 2 aliphatic carbocycles. The molecule has 0 radical (unpaired) electrons. The Balaban J connectivity index is 1.22. The van der Waals surface area contributed by atoms with Crippen molar-refractivity contribution in [1.82, 2.24) is 0 Å². The Kier molecular flexibility index (Phi) is 5.69. The highest BCUT2D eigenvalue weighted by Gasteiger charge is 2.47. The second-order valence-corrected chi connectivity index (χ2v) is 19.3. The molecule has 3 heteroatoms. The highest BCUT2D eigenvalue weighted by molar-refractivity contribution is 7.22. The molecule has 2 unspecified atom stereocenters. The smallest absolute Gasteiger partial charge is 0.0722 e. The van der Waals surface area contributed by atoms with Gasteiger partial charge in [0.25, 0.3) is 0 Å². The summed E-state index contributed by atoms with van der Waals surface area (Å²) >= 11 is 3.84. The molecule has 0 saturated heterocycles. The normalized spacial score (nSPS) is 18.0. The van der Waals surface area contributed by atoms with E-state index in [1.54, 1.807) is 0 Å². The first kappa shape index (κ1) is 25.2. The molecule has 8 rings (SSSR count). The van der Waals surface area contributed by atoms with Crippen LogP contribution in [0.3, 0.4) is 0 Å². The van der Waals surface area contributed by atoms with E-state index >= 15 is 0 Å². The molecular weight excluding hydrogens is 549 g/mol. The predicted molar refractivity (Wildman–Crippen MR) is 185 cm³/mol. The fourth-order valence-electron chi connectivity index (χ4n) is 7.91. The highest BCUT2D eigenvalue weighted by Crippen LogP contribution is 2.55. The van der Waals surface area contributed by atoms with Crippen molar-refractivity contribution in [2.45, 2.75) is 38.0 Å². The minimum Gasteiger partial charge on any atom is -0.135 e. The number of fused-ring (bicyclic) bond motifs is 4. The van der Waals surface area contributed by atoms with Crippen molar-refractivity contribution in [2.24, 2.45) is 0 Å². The van der Waals surface area contributed by atoms with Gasteiger partial charge in [-0.3, -0.25) is 0 Å². The van der Waals surface area contributed by atoms with Gasteiger partial charge in [0.1, 0.15) is 0 Å². The van der Waals surface area contributed by atoms with E-state index in [2.05, 4.69) is 136 Å². The average Bonchev–Trinajstić information content (AvgIpc) is 3.73. The largest absolute Gasteiger partial charge is 0.135 e. The second-order valence-electron chi connectivity index (χ2n) is 12.4. The summed E-state index contributed by atoms with van der Waals surface area (Å²) in [6.45, 7) is 10.0. The fraction of sp³-hybridized carbons (Fsp3) is 0.158. The van der Waals surface area contributed by atoms with E-state index in [0.717, 1.165) is 0 Å². The van der Waals surface area contributed by atoms with E-state index in [1.165, 1.54) is 74.5 Å². The van der Waals surface area contributed by atoms with Crippen LogP contribution in [-0.4, -0.2) is 8.07 Å². The molecule has 200 valence electrons. The molecule has 2 aromatic heterocycles. The van der Waals surface area contributed by atoms with E-state index in [9.17, 15) is 0 Å². The summed E-state index contributed by atoms with van der Waals surface area (Å²) < 4.78 is 2.73. The van der Waals surface area contributed by atoms with Crippen LogP contribution in [0.25, 0.3) is 53.2 Å². The molecular formula is C38H32S2Si.